The molecule has 1 aliphatic heterocycles. The number of fused-ring (bicyclic) bond motifs is 1. The van der Waals surface area contributed by atoms with Gasteiger partial charge in [0.1, 0.15) is 5.01 Å². The van der Waals surface area contributed by atoms with Crippen molar-refractivity contribution < 1.29 is 26.8 Å². The highest BCUT2D eigenvalue weighted by molar-refractivity contribution is 7.97. The van der Waals surface area contributed by atoms with Gasteiger partial charge in [0, 0.05) is 24.1 Å². The number of aromatic nitrogens is 1. The summed E-state index contributed by atoms with van der Waals surface area (Å²) in [5, 5.41) is 6.67. The molecule has 0 bridgehead atoms. The zero-order chi connectivity index (χ0) is 25.4. The molecular weight excluding hydrogens is 518 g/mol. The van der Waals surface area contributed by atoms with E-state index < -0.39 is 45.9 Å². The van der Waals surface area contributed by atoms with Gasteiger partial charge in [-0.25, -0.2) is 22.2 Å². The van der Waals surface area contributed by atoms with E-state index in [0.29, 0.717) is 21.5 Å². The van der Waals surface area contributed by atoms with E-state index in [2.05, 4.69) is 10.3 Å². The van der Waals surface area contributed by atoms with Crippen LogP contribution >= 0.6 is 23.3 Å². The maximum Gasteiger partial charge on any atom is 0.282 e. The van der Waals surface area contributed by atoms with Gasteiger partial charge in [0.15, 0.2) is 15.1 Å². The van der Waals surface area contributed by atoms with Crippen LogP contribution in [0.3, 0.4) is 0 Å². The predicted molar refractivity (Wildman–Crippen MR) is 133 cm³/mol. The summed E-state index contributed by atoms with van der Waals surface area (Å²) in [6, 6.07) is 12.0. The fourth-order valence-corrected chi connectivity index (χ4v) is 6.46. The van der Waals surface area contributed by atoms with Gasteiger partial charge < -0.3 is 10.2 Å². The minimum Gasteiger partial charge on any atom is -0.354 e. The molecule has 1 aliphatic rings. The molecule has 0 saturated carbocycles. The van der Waals surface area contributed by atoms with Crippen LogP contribution in [0.5, 0.6) is 0 Å². The van der Waals surface area contributed by atoms with Crippen LogP contribution in [-0.4, -0.2) is 67.7 Å². The summed E-state index contributed by atoms with van der Waals surface area (Å²) in [6.07, 6.45) is 0.997. The molecule has 8 nitrogen and oxygen atoms in total. The molecule has 0 aliphatic carbocycles. The Labute approximate surface area is 208 Å². The third-order valence-electron chi connectivity index (χ3n) is 5.41. The molecule has 2 aromatic carbocycles. The molecule has 3 aromatic rings. The van der Waals surface area contributed by atoms with Crippen LogP contribution < -0.4 is 10.5 Å². The zero-order valence-corrected chi connectivity index (χ0v) is 21.0. The van der Waals surface area contributed by atoms with E-state index in [-0.39, 0.29) is 11.6 Å². The number of sulfone groups is 1. The van der Waals surface area contributed by atoms with Crippen LogP contribution in [-0.2, 0) is 14.6 Å². The number of rotatable bonds is 8. The Morgan fingerprint density at radius 3 is 2.46 bits per heavy atom. The SMILES string of the molecule is CS(=O)(=O)C(C(=O)NCCSN)c1nc2ccc(-c3ccc(C(=O)N4CC(F)(F)C4)cc3)cc2s1. The lowest BCUT2D eigenvalue weighted by atomic mass is 10.0. The van der Waals surface area contributed by atoms with E-state index in [1.807, 2.05) is 6.07 Å². The summed E-state index contributed by atoms with van der Waals surface area (Å²) in [4.78, 5) is 30.4. The van der Waals surface area contributed by atoms with Crippen LogP contribution in [0.2, 0.25) is 0 Å². The van der Waals surface area contributed by atoms with Crippen LogP contribution in [0.4, 0.5) is 8.78 Å². The number of nitrogens with one attached hydrogen (secondary N) is 1. The number of alkyl halides is 2. The summed E-state index contributed by atoms with van der Waals surface area (Å²) >= 11 is 2.16. The molecule has 186 valence electrons. The fraction of sp³-hybridized carbons (Fsp3) is 0.318. The lowest BCUT2D eigenvalue weighted by Gasteiger charge is -2.38. The second kappa shape index (κ2) is 9.80. The number of thiazole rings is 1. The molecule has 1 unspecified atom stereocenters. The third kappa shape index (κ3) is 5.63. The number of amides is 2. The van der Waals surface area contributed by atoms with Gasteiger partial charge in [-0.3, -0.25) is 14.7 Å². The average molecular weight is 541 g/mol. The van der Waals surface area contributed by atoms with Crippen molar-refractivity contribution in [1.29, 1.82) is 0 Å². The Morgan fingerprint density at radius 1 is 1.20 bits per heavy atom. The van der Waals surface area contributed by atoms with Crippen molar-refractivity contribution in [2.45, 2.75) is 11.2 Å². The first-order valence-electron chi connectivity index (χ1n) is 10.4. The molecule has 1 fully saturated rings. The van der Waals surface area contributed by atoms with Crippen molar-refractivity contribution in [1.82, 2.24) is 15.2 Å². The van der Waals surface area contributed by atoms with Crippen LogP contribution in [0.25, 0.3) is 21.3 Å². The maximum absolute atomic E-state index is 13.0. The number of carbonyl (C=O) groups excluding carboxylic acids is 2. The Bertz CT molecular complexity index is 1370. The van der Waals surface area contributed by atoms with Gasteiger partial charge in [-0.15, -0.1) is 11.3 Å². The second-order valence-electron chi connectivity index (χ2n) is 8.20. The maximum atomic E-state index is 13.0. The average Bonchev–Trinajstić information content (AvgIpc) is 3.18. The highest BCUT2D eigenvalue weighted by Crippen LogP contribution is 2.34. The fourth-order valence-electron chi connectivity index (χ4n) is 3.69. The van der Waals surface area contributed by atoms with Crippen molar-refractivity contribution in [2.75, 3.05) is 31.6 Å². The van der Waals surface area contributed by atoms with Crippen molar-refractivity contribution >= 4 is 55.2 Å². The largest absolute Gasteiger partial charge is 0.354 e. The first-order chi connectivity index (χ1) is 16.5. The van der Waals surface area contributed by atoms with E-state index >= 15 is 0 Å². The summed E-state index contributed by atoms with van der Waals surface area (Å²) in [5.74, 6) is -3.47. The quantitative estimate of drug-likeness (QED) is 0.333. The van der Waals surface area contributed by atoms with E-state index in [4.69, 9.17) is 5.14 Å². The van der Waals surface area contributed by atoms with Gasteiger partial charge in [0.05, 0.1) is 23.3 Å². The van der Waals surface area contributed by atoms with Crippen molar-refractivity contribution in [3.8, 4) is 11.1 Å². The molecule has 4 rings (SSSR count). The molecule has 1 aromatic heterocycles. The standard InChI is InChI=1S/C22H22F2N4O4S3/c1-35(31,32)18(19(29)26-8-9-33-25)20-27-16-7-6-15(10-17(16)34-20)13-2-4-14(5-3-13)21(30)28-11-22(23,24)12-28/h2-7,10,18H,8-9,11-12,25H2,1H3,(H,26,29). The molecule has 35 heavy (non-hydrogen) atoms. The van der Waals surface area contributed by atoms with Gasteiger partial charge in [0.25, 0.3) is 11.8 Å². The van der Waals surface area contributed by atoms with E-state index in [1.54, 1.807) is 36.4 Å². The van der Waals surface area contributed by atoms with E-state index in [9.17, 15) is 26.8 Å². The number of benzene rings is 2. The minimum atomic E-state index is -3.77. The predicted octanol–water partition coefficient (Wildman–Crippen LogP) is 2.86. The summed E-state index contributed by atoms with van der Waals surface area (Å²) in [7, 11) is -3.77. The Hall–Kier alpha value is -2.61. The van der Waals surface area contributed by atoms with E-state index in [1.165, 1.54) is 0 Å². The van der Waals surface area contributed by atoms with Crippen LogP contribution in [0.15, 0.2) is 42.5 Å². The lowest BCUT2D eigenvalue weighted by molar-refractivity contribution is -0.120. The molecule has 1 atom stereocenters. The number of carbonyl (C=O) groups is 2. The van der Waals surface area contributed by atoms with Crippen LogP contribution in [0, 0.1) is 0 Å². The number of nitrogens with two attached hydrogens (primary N) is 1. The lowest BCUT2D eigenvalue weighted by Crippen LogP contribution is -2.58. The molecule has 3 N–H and O–H groups in total. The first-order valence-corrected chi connectivity index (χ1v) is 14.3. The van der Waals surface area contributed by atoms with Gasteiger partial charge >= 0.3 is 0 Å². The van der Waals surface area contributed by atoms with Crippen molar-refractivity contribution in [3.05, 3.63) is 53.0 Å². The van der Waals surface area contributed by atoms with Crippen molar-refractivity contribution in [2.24, 2.45) is 5.14 Å². The number of nitrogens with zero attached hydrogens (tertiary/aromatic N) is 2. The highest BCUT2D eigenvalue weighted by Gasteiger charge is 2.46. The molecule has 1 saturated heterocycles. The molecule has 13 heteroatoms. The van der Waals surface area contributed by atoms with Gasteiger partial charge in [-0.05, 0) is 35.4 Å². The van der Waals surface area contributed by atoms with Crippen molar-refractivity contribution in [3.63, 3.8) is 0 Å². The first kappa shape index (κ1) is 25.5. The number of halogens is 2. The highest BCUT2D eigenvalue weighted by atomic mass is 32.2. The molecule has 2 heterocycles. The molecule has 2 amide bonds. The minimum absolute atomic E-state index is 0.171. The summed E-state index contributed by atoms with van der Waals surface area (Å²) in [5.41, 5.74) is 2.45. The molecule has 0 spiro atoms. The normalized spacial score (nSPS) is 16.1. The third-order valence-corrected chi connectivity index (χ3v) is 8.38. The smallest absolute Gasteiger partial charge is 0.282 e. The Balaban J connectivity index is 1.56. The second-order valence-corrected chi connectivity index (χ2v) is 12.1. The summed E-state index contributed by atoms with van der Waals surface area (Å²) < 4.78 is 51.5. The van der Waals surface area contributed by atoms with E-state index in [0.717, 1.165) is 45.6 Å². The number of hydrogen-bond donors (Lipinski definition) is 2. The van der Waals surface area contributed by atoms with Gasteiger partial charge in [0.2, 0.25) is 5.91 Å². The monoisotopic (exact) mass is 540 g/mol. The topological polar surface area (TPSA) is 122 Å². The van der Waals surface area contributed by atoms with Crippen LogP contribution in [0.1, 0.15) is 20.6 Å². The summed E-state index contributed by atoms with van der Waals surface area (Å²) in [6.45, 7) is -0.910. The Kier molecular flexibility index (Phi) is 7.13. The number of hydrogen-bond acceptors (Lipinski definition) is 8. The Morgan fingerprint density at radius 2 is 1.86 bits per heavy atom. The number of likely N-dealkylation sites (tertiary alicyclic amines) is 1. The van der Waals surface area contributed by atoms with Gasteiger partial charge in [-0.1, -0.05) is 30.1 Å². The molecule has 0 radical (unpaired) electrons. The zero-order valence-electron chi connectivity index (χ0n) is 18.5. The van der Waals surface area contributed by atoms with Gasteiger partial charge in [-0.2, -0.15) is 0 Å². The molecular formula is C22H22F2N4O4S3.